The molecule has 3 heteroatoms. The molecular formula is C52H28O2S. The van der Waals surface area contributed by atoms with Gasteiger partial charge in [0.05, 0.1) is 0 Å². The van der Waals surface area contributed by atoms with E-state index < -0.39 is 0 Å². The van der Waals surface area contributed by atoms with Crippen LogP contribution >= 0.6 is 11.3 Å². The first-order valence-electron chi connectivity index (χ1n) is 18.7. The summed E-state index contributed by atoms with van der Waals surface area (Å²) in [6.45, 7) is 0. The molecule has 0 aliphatic heterocycles. The van der Waals surface area contributed by atoms with Crippen LogP contribution in [-0.2, 0) is 0 Å². The van der Waals surface area contributed by atoms with Gasteiger partial charge in [-0.1, -0.05) is 109 Å². The van der Waals surface area contributed by atoms with Crippen LogP contribution in [0.5, 0.6) is 0 Å². The van der Waals surface area contributed by atoms with Gasteiger partial charge in [0.25, 0.3) is 0 Å². The Morgan fingerprint density at radius 1 is 0.309 bits per heavy atom. The molecule has 0 saturated heterocycles. The number of benzene rings is 10. The molecule has 0 radical (unpaired) electrons. The van der Waals surface area contributed by atoms with Crippen molar-refractivity contribution in [1.29, 1.82) is 0 Å². The van der Waals surface area contributed by atoms with E-state index >= 15 is 0 Å². The second-order valence-corrected chi connectivity index (χ2v) is 15.9. The lowest BCUT2D eigenvalue weighted by Crippen LogP contribution is -1.83. The molecule has 0 saturated carbocycles. The lowest BCUT2D eigenvalue weighted by molar-refractivity contribution is 0.670. The van der Waals surface area contributed by atoms with E-state index in [4.69, 9.17) is 8.83 Å². The van der Waals surface area contributed by atoms with Crippen molar-refractivity contribution < 1.29 is 8.83 Å². The summed E-state index contributed by atoms with van der Waals surface area (Å²) in [5, 5.41) is 16.8. The Balaban J connectivity index is 1.05. The number of hydrogen-bond donors (Lipinski definition) is 0. The molecule has 0 bridgehead atoms. The van der Waals surface area contributed by atoms with Gasteiger partial charge in [0.2, 0.25) is 0 Å². The zero-order valence-corrected chi connectivity index (χ0v) is 30.2. The highest BCUT2D eigenvalue weighted by molar-refractivity contribution is 7.25. The minimum absolute atomic E-state index is 0.915. The van der Waals surface area contributed by atoms with E-state index in [0.29, 0.717) is 0 Å². The summed E-state index contributed by atoms with van der Waals surface area (Å²) >= 11 is 1.85. The Hall–Kier alpha value is -6.94. The fraction of sp³-hybridized carbons (Fsp3) is 0. The zero-order valence-electron chi connectivity index (χ0n) is 29.4. The summed E-state index contributed by atoms with van der Waals surface area (Å²) < 4.78 is 16.2. The van der Waals surface area contributed by atoms with E-state index in [2.05, 4.69) is 170 Å². The van der Waals surface area contributed by atoms with Gasteiger partial charge in [0, 0.05) is 52.8 Å². The van der Waals surface area contributed by atoms with Crippen LogP contribution < -0.4 is 0 Å². The Morgan fingerprint density at radius 2 is 0.709 bits per heavy atom. The summed E-state index contributed by atoms with van der Waals surface area (Å²) in [5.41, 5.74) is 8.20. The third kappa shape index (κ3) is 4.19. The van der Waals surface area contributed by atoms with Gasteiger partial charge < -0.3 is 8.83 Å². The first-order chi connectivity index (χ1) is 27.2. The molecule has 0 spiro atoms. The number of hydrogen-bond acceptors (Lipinski definition) is 3. The lowest BCUT2D eigenvalue weighted by atomic mass is 9.94. The minimum Gasteiger partial charge on any atom is -0.455 e. The highest BCUT2D eigenvalue weighted by atomic mass is 32.1. The van der Waals surface area contributed by atoms with Crippen molar-refractivity contribution in [3.63, 3.8) is 0 Å². The third-order valence-electron chi connectivity index (χ3n) is 11.8. The molecule has 0 aliphatic rings. The molecule has 13 rings (SSSR count). The molecule has 10 aromatic carbocycles. The van der Waals surface area contributed by atoms with Crippen molar-refractivity contribution in [2.24, 2.45) is 0 Å². The van der Waals surface area contributed by atoms with Crippen LogP contribution in [0, 0.1) is 0 Å². The molecule has 0 unspecified atom stereocenters. The van der Waals surface area contributed by atoms with E-state index in [1.165, 1.54) is 74.0 Å². The highest BCUT2D eigenvalue weighted by Crippen LogP contribution is 2.46. The summed E-state index contributed by atoms with van der Waals surface area (Å²) in [6, 6.07) is 61.8. The normalized spacial score (nSPS) is 12.4. The van der Waals surface area contributed by atoms with Gasteiger partial charge in [-0.2, -0.15) is 0 Å². The van der Waals surface area contributed by atoms with Crippen LogP contribution in [0.4, 0.5) is 0 Å². The maximum atomic E-state index is 6.83. The lowest BCUT2D eigenvalue weighted by Gasteiger charge is -2.09. The molecule has 0 aliphatic carbocycles. The van der Waals surface area contributed by atoms with E-state index in [1.807, 2.05) is 11.3 Å². The average molecular weight is 717 g/mol. The number of thiophene rings is 1. The monoisotopic (exact) mass is 716 g/mol. The smallest absolute Gasteiger partial charge is 0.143 e. The second kappa shape index (κ2) is 10.8. The number of rotatable bonds is 2. The second-order valence-electron chi connectivity index (χ2n) is 14.8. The topological polar surface area (TPSA) is 26.3 Å². The first-order valence-corrected chi connectivity index (χ1v) is 19.5. The first kappa shape index (κ1) is 29.5. The average Bonchev–Trinajstić information content (AvgIpc) is 3.92. The van der Waals surface area contributed by atoms with Gasteiger partial charge >= 0.3 is 0 Å². The van der Waals surface area contributed by atoms with Crippen molar-refractivity contribution >= 4 is 118 Å². The molecule has 3 heterocycles. The molecule has 3 aromatic heterocycles. The predicted molar refractivity (Wildman–Crippen MR) is 235 cm³/mol. The quantitative estimate of drug-likeness (QED) is 0.178. The molecule has 0 atom stereocenters. The van der Waals surface area contributed by atoms with Gasteiger partial charge in [-0.15, -0.1) is 11.3 Å². The van der Waals surface area contributed by atoms with Crippen LogP contribution in [0.3, 0.4) is 0 Å². The van der Waals surface area contributed by atoms with Crippen LogP contribution in [0.15, 0.2) is 179 Å². The fourth-order valence-corrected chi connectivity index (χ4v) is 10.2. The van der Waals surface area contributed by atoms with E-state index in [9.17, 15) is 0 Å². The van der Waals surface area contributed by atoms with E-state index in [1.54, 1.807) is 0 Å². The van der Waals surface area contributed by atoms with Crippen molar-refractivity contribution in [3.8, 4) is 22.3 Å². The van der Waals surface area contributed by atoms with Crippen molar-refractivity contribution in [2.45, 2.75) is 0 Å². The Labute approximate surface area is 318 Å². The van der Waals surface area contributed by atoms with Crippen LogP contribution in [0.25, 0.3) is 129 Å². The molecule has 254 valence electrons. The summed E-state index contributed by atoms with van der Waals surface area (Å²) in [5.74, 6) is 0. The van der Waals surface area contributed by atoms with E-state index in [0.717, 1.165) is 55.4 Å². The molecule has 0 amide bonds. The molecule has 13 aromatic rings. The van der Waals surface area contributed by atoms with Crippen LogP contribution in [0.2, 0.25) is 0 Å². The van der Waals surface area contributed by atoms with Crippen molar-refractivity contribution in [1.82, 2.24) is 0 Å². The molecule has 0 N–H and O–H groups in total. The minimum atomic E-state index is 0.915. The zero-order chi connectivity index (χ0) is 35.8. The summed E-state index contributed by atoms with van der Waals surface area (Å²) in [7, 11) is 0. The van der Waals surface area contributed by atoms with Gasteiger partial charge in [-0.05, 0) is 115 Å². The largest absolute Gasteiger partial charge is 0.455 e. The van der Waals surface area contributed by atoms with Gasteiger partial charge in [-0.25, -0.2) is 0 Å². The van der Waals surface area contributed by atoms with Crippen LogP contribution in [0.1, 0.15) is 0 Å². The Kier molecular flexibility index (Phi) is 5.80. The van der Waals surface area contributed by atoms with Crippen molar-refractivity contribution in [3.05, 3.63) is 170 Å². The fourth-order valence-electron chi connectivity index (χ4n) is 9.16. The number of furan rings is 2. The highest BCUT2D eigenvalue weighted by Gasteiger charge is 2.20. The summed E-state index contributed by atoms with van der Waals surface area (Å²) in [6.07, 6.45) is 0. The maximum absolute atomic E-state index is 6.83. The van der Waals surface area contributed by atoms with Crippen molar-refractivity contribution in [2.75, 3.05) is 0 Å². The molecule has 55 heavy (non-hydrogen) atoms. The molecular weight excluding hydrogens is 689 g/mol. The Morgan fingerprint density at radius 3 is 1.16 bits per heavy atom. The SMILES string of the molecule is c1ccc2cc3c(cc2c1)oc1c(-c2ccc4sc5ccc(-c6cc7ccccc7c7c6oc6cc8ccccc8cc67)cc5c4c2)cc2ccccc2c13. The van der Waals surface area contributed by atoms with Crippen LogP contribution in [-0.4, -0.2) is 0 Å². The van der Waals surface area contributed by atoms with E-state index in [-0.39, 0.29) is 0 Å². The van der Waals surface area contributed by atoms with Gasteiger partial charge in [0.1, 0.15) is 22.3 Å². The molecule has 0 fully saturated rings. The summed E-state index contributed by atoms with van der Waals surface area (Å²) in [4.78, 5) is 0. The standard InChI is InChI=1S/C52H28O2S/c1-3-11-31-27-45-43(21-29(31)9-1)49-37-15-7-5-13-33(37)23-39(51(49)53-45)35-17-19-47-41(25-35)42-26-36(18-20-48(42)55-47)40-24-34-14-6-8-16-38(34)50-44-22-30-10-2-4-12-32(30)28-46(44)54-52(40)50/h1-28H. The number of fused-ring (bicyclic) bond motifs is 15. The van der Waals surface area contributed by atoms with Gasteiger partial charge in [0.15, 0.2) is 0 Å². The molecule has 2 nitrogen and oxygen atoms in total. The third-order valence-corrected chi connectivity index (χ3v) is 12.9. The maximum Gasteiger partial charge on any atom is 0.143 e. The van der Waals surface area contributed by atoms with Gasteiger partial charge in [-0.3, -0.25) is 0 Å². The Bertz CT molecular complexity index is 3530. The predicted octanol–water partition coefficient (Wildman–Crippen LogP) is 15.8.